The average Bonchev–Trinajstić information content (AvgIpc) is 2.71. The lowest BCUT2D eigenvalue weighted by atomic mass is 10.00. The second-order valence-electron chi connectivity index (χ2n) is 7.77. The Labute approximate surface area is 176 Å². The molecule has 0 bridgehead atoms. The van der Waals surface area contributed by atoms with Gasteiger partial charge in [-0.2, -0.15) is 0 Å². The van der Waals surface area contributed by atoms with Crippen LogP contribution in [0.5, 0.6) is 5.75 Å². The molecular formula is C22H25N3O4S. The SMILES string of the molecule is Cc1ccccc1C(=O)N1CCCC[C@@H]1COc1cccc2c1C(N)=NS(=O)(=O)C2. The van der Waals surface area contributed by atoms with E-state index < -0.39 is 10.0 Å². The largest absolute Gasteiger partial charge is 0.491 e. The van der Waals surface area contributed by atoms with Crippen LogP contribution in [0.3, 0.4) is 0 Å². The summed E-state index contributed by atoms with van der Waals surface area (Å²) >= 11 is 0. The minimum atomic E-state index is -3.60. The highest BCUT2D eigenvalue weighted by atomic mass is 32.2. The number of aryl methyl sites for hydroxylation is 1. The van der Waals surface area contributed by atoms with E-state index in [1.165, 1.54) is 0 Å². The van der Waals surface area contributed by atoms with E-state index in [4.69, 9.17) is 10.5 Å². The zero-order valence-corrected chi connectivity index (χ0v) is 17.7. The van der Waals surface area contributed by atoms with Gasteiger partial charge in [0.1, 0.15) is 18.2 Å². The van der Waals surface area contributed by atoms with Gasteiger partial charge in [0.2, 0.25) is 0 Å². The number of nitrogens with two attached hydrogens (primary N) is 1. The topological polar surface area (TPSA) is 102 Å². The Hall–Kier alpha value is -2.87. The van der Waals surface area contributed by atoms with Crippen molar-refractivity contribution in [2.45, 2.75) is 38.0 Å². The summed E-state index contributed by atoms with van der Waals surface area (Å²) in [6.07, 6.45) is 2.84. The smallest absolute Gasteiger partial charge is 0.259 e. The summed E-state index contributed by atoms with van der Waals surface area (Å²) in [6, 6.07) is 12.8. The maximum Gasteiger partial charge on any atom is 0.259 e. The first kappa shape index (κ1) is 20.4. The van der Waals surface area contributed by atoms with Gasteiger partial charge in [-0.3, -0.25) is 4.79 Å². The second-order valence-corrected chi connectivity index (χ2v) is 9.40. The molecule has 4 rings (SSSR count). The molecule has 7 nitrogen and oxygen atoms in total. The quantitative estimate of drug-likeness (QED) is 0.808. The molecule has 1 atom stereocenters. The van der Waals surface area contributed by atoms with Crippen LogP contribution in [0.4, 0.5) is 0 Å². The van der Waals surface area contributed by atoms with E-state index in [1.807, 2.05) is 36.1 Å². The zero-order valence-electron chi connectivity index (χ0n) is 16.9. The van der Waals surface area contributed by atoms with Gasteiger partial charge >= 0.3 is 0 Å². The molecule has 2 aliphatic heterocycles. The number of amides is 1. The number of rotatable bonds is 4. The molecule has 30 heavy (non-hydrogen) atoms. The van der Waals surface area contributed by atoms with Gasteiger partial charge in [0.25, 0.3) is 15.9 Å². The Balaban J connectivity index is 1.55. The fourth-order valence-corrected chi connectivity index (χ4v) is 5.22. The molecule has 8 heteroatoms. The number of ether oxygens (including phenoxy) is 1. The molecule has 2 N–H and O–H groups in total. The van der Waals surface area contributed by atoms with Gasteiger partial charge in [-0.1, -0.05) is 30.3 Å². The van der Waals surface area contributed by atoms with Gasteiger partial charge in [-0.05, 0) is 49.4 Å². The molecule has 1 amide bonds. The number of likely N-dealkylation sites (tertiary alicyclic amines) is 1. The number of hydrogen-bond acceptors (Lipinski definition) is 5. The summed E-state index contributed by atoms with van der Waals surface area (Å²) in [5.41, 5.74) is 8.70. The van der Waals surface area contributed by atoms with Crippen molar-refractivity contribution >= 4 is 21.8 Å². The Morgan fingerprint density at radius 1 is 1.20 bits per heavy atom. The van der Waals surface area contributed by atoms with Crippen LogP contribution in [0.1, 0.15) is 46.3 Å². The monoisotopic (exact) mass is 427 g/mol. The molecule has 0 radical (unpaired) electrons. The third kappa shape index (κ3) is 4.05. The average molecular weight is 428 g/mol. The van der Waals surface area contributed by atoms with Crippen molar-refractivity contribution < 1.29 is 17.9 Å². The number of fused-ring (bicyclic) bond motifs is 1. The lowest BCUT2D eigenvalue weighted by molar-refractivity contribution is 0.0527. The first-order valence-electron chi connectivity index (χ1n) is 10.1. The van der Waals surface area contributed by atoms with Crippen molar-refractivity contribution in [3.63, 3.8) is 0 Å². The molecule has 2 aromatic rings. The predicted molar refractivity (Wildman–Crippen MR) is 115 cm³/mol. The standard InChI is InChI=1S/C22H25N3O4S/c1-15-7-2-3-10-18(15)22(26)25-12-5-4-9-17(25)13-29-19-11-6-8-16-14-30(27,28)24-21(23)20(16)19/h2-3,6-8,10-11,17H,4-5,9,12-14H2,1H3,(H2,23,24)/t17-/m1/s1. The third-order valence-electron chi connectivity index (χ3n) is 5.64. The van der Waals surface area contributed by atoms with E-state index >= 15 is 0 Å². The molecule has 2 aromatic carbocycles. The van der Waals surface area contributed by atoms with Crippen LogP contribution in [0.25, 0.3) is 0 Å². The Kier molecular flexibility index (Phi) is 5.51. The van der Waals surface area contributed by atoms with Gasteiger partial charge in [-0.25, -0.2) is 8.42 Å². The first-order valence-corrected chi connectivity index (χ1v) is 11.7. The van der Waals surface area contributed by atoms with Crippen LogP contribution in [-0.2, 0) is 15.8 Å². The van der Waals surface area contributed by atoms with Gasteiger partial charge in [-0.15, -0.1) is 4.40 Å². The Bertz CT molecular complexity index is 1110. The first-order chi connectivity index (χ1) is 14.4. The van der Waals surface area contributed by atoms with E-state index in [9.17, 15) is 13.2 Å². The molecule has 2 heterocycles. The molecule has 1 saturated heterocycles. The number of hydrogen-bond donors (Lipinski definition) is 1. The summed E-state index contributed by atoms with van der Waals surface area (Å²) in [7, 11) is -3.60. The van der Waals surface area contributed by atoms with Gasteiger partial charge in [0.05, 0.1) is 17.4 Å². The minimum Gasteiger partial charge on any atom is -0.491 e. The molecule has 0 aliphatic carbocycles. The van der Waals surface area contributed by atoms with Gasteiger partial charge in [0, 0.05) is 12.1 Å². The maximum atomic E-state index is 13.2. The van der Waals surface area contributed by atoms with Gasteiger partial charge < -0.3 is 15.4 Å². The van der Waals surface area contributed by atoms with Crippen LogP contribution in [-0.4, -0.2) is 44.3 Å². The number of amidine groups is 1. The van der Waals surface area contributed by atoms with Crippen molar-refractivity contribution in [2.24, 2.45) is 10.1 Å². The summed E-state index contributed by atoms with van der Waals surface area (Å²) < 4.78 is 33.4. The van der Waals surface area contributed by atoms with E-state index in [0.717, 1.165) is 24.8 Å². The zero-order chi connectivity index (χ0) is 21.3. The molecule has 158 valence electrons. The van der Waals surface area contributed by atoms with Crippen LogP contribution in [0.2, 0.25) is 0 Å². The molecule has 1 fully saturated rings. The van der Waals surface area contributed by atoms with Gasteiger partial charge in [0.15, 0.2) is 0 Å². The highest BCUT2D eigenvalue weighted by Gasteiger charge is 2.30. The number of piperidine rings is 1. The highest BCUT2D eigenvalue weighted by Crippen LogP contribution is 2.29. The Morgan fingerprint density at radius 2 is 2.00 bits per heavy atom. The van der Waals surface area contributed by atoms with E-state index in [1.54, 1.807) is 18.2 Å². The van der Waals surface area contributed by atoms with Crippen molar-refractivity contribution in [3.8, 4) is 5.75 Å². The molecule has 0 saturated carbocycles. The van der Waals surface area contributed by atoms with Crippen molar-refractivity contribution in [3.05, 3.63) is 64.7 Å². The predicted octanol–water partition coefficient (Wildman–Crippen LogP) is 2.62. The number of carbonyl (C=O) groups excluding carboxylic acids is 1. The van der Waals surface area contributed by atoms with E-state index in [2.05, 4.69) is 4.40 Å². The lowest BCUT2D eigenvalue weighted by Crippen LogP contribution is -2.47. The van der Waals surface area contributed by atoms with Crippen molar-refractivity contribution in [1.29, 1.82) is 0 Å². The van der Waals surface area contributed by atoms with Crippen LogP contribution in [0.15, 0.2) is 46.9 Å². The normalized spacial score (nSPS) is 20.2. The summed E-state index contributed by atoms with van der Waals surface area (Å²) in [5.74, 6) is 0.270. The molecular weight excluding hydrogens is 402 g/mol. The van der Waals surface area contributed by atoms with Crippen LogP contribution >= 0.6 is 0 Å². The second kappa shape index (κ2) is 8.10. The number of benzene rings is 2. The molecule has 0 spiro atoms. The minimum absolute atomic E-state index is 0.0173. The summed E-state index contributed by atoms with van der Waals surface area (Å²) in [5, 5.41) is 0. The highest BCUT2D eigenvalue weighted by molar-refractivity contribution is 7.89. The maximum absolute atomic E-state index is 13.2. The Morgan fingerprint density at radius 3 is 2.80 bits per heavy atom. The van der Waals surface area contributed by atoms with E-state index in [0.29, 0.717) is 35.6 Å². The molecule has 0 unspecified atom stereocenters. The lowest BCUT2D eigenvalue weighted by Gasteiger charge is -2.36. The number of sulfonamides is 1. The van der Waals surface area contributed by atoms with Crippen LogP contribution in [0, 0.1) is 6.92 Å². The summed E-state index contributed by atoms with van der Waals surface area (Å²) in [4.78, 5) is 15.1. The van der Waals surface area contributed by atoms with Crippen LogP contribution < -0.4 is 10.5 Å². The number of nitrogens with zero attached hydrogens (tertiary/aromatic N) is 2. The van der Waals surface area contributed by atoms with Crippen molar-refractivity contribution in [2.75, 3.05) is 13.2 Å². The summed E-state index contributed by atoms with van der Waals surface area (Å²) in [6.45, 7) is 2.94. The van der Waals surface area contributed by atoms with Crippen molar-refractivity contribution in [1.82, 2.24) is 4.90 Å². The van der Waals surface area contributed by atoms with E-state index in [-0.39, 0.29) is 23.5 Å². The molecule has 2 aliphatic rings. The third-order valence-corrected chi connectivity index (χ3v) is 6.79. The number of carbonyl (C=O) groups is 1. The fraction of sp³-hybridized carbons (Fsp3) is 0.364. The molecule has 0 aromatic heterocycles. The fourth-order valence-electron chi connectivity index (χ4n) is 4.13.